The number of aliphatic carboxylic acids is 1. The minimum Gasteiger partial charge on any atom is -0.480 e. The Kier molecular flexibility index (Phi) is 6.68. The van der Waals surface area contributed by atoms with E-state index in [-0.39, 0.29) is 6.54 Å². The summed E-state index contributed by atoms with van der Waals surface area (Å²) in [4.78, 5) is 24.2. The van der Waals surface area contributed by atoms with E-state index >= 15 is 0 Å². The highest BCUT2D eigenvalue weighted by Gasteiger charge is 2.25. The number of likely N-dealkylation sites (N-methyl/N-ethyl adjacent to an activating group) is 1. The quantitative estimate of drug-likeness (QED) is 0.638. The van der Waals surface area contributed by atoms with Crippen LogP contribution in [0.3, 0.4) is 0 Å². The maximum absolute atomic E-state index is 11.9. The minimum absolute atomic E-state index is 0.161. The molecular weight excluding hydrogens is 236 g/mol. The molecule has 0 saturated heterocycles. The smallest absolute Gasteiger partial charge is 0.326 e. The number of urea groups is 1. The van der Waals surface area contributed by atoms with E-state index in [1.807, 2.05) is 6.92 Å². The fourth-order valence-corrected chi connectivity index (χ4v) is 1.58. The fourth-order valence-electron chi connectivity index (χ4n) is 1.58. The number of carboxylic acid groups (broad SMARTS) is 1. The number of nitrogens with zero attached hydrogens (tertiary/aromatic N) is 1. The minimum atomic E-state index is -1.04. The van der Waals surface area contributed by atoms with Crippen LogP contribution in [-0.2, 0) is 4.79 Å². The van der Waals surface area contributed by atoms with E-state index in [2.05, 4.69) is 5.32 Å². The molecule has 3 N–H and O–H groups in total. The van der Waals surface area contributed by atoms with E-state index in [0.29, 0.717) is 19.4 Å². The molecule has 2 amide bonds. The lowest BCUT2D eigenvalue weighted by Crippen LogP contribution is -2.51. The summed E-state index contributed by atoms with van der Waals surface area (Å²) in [7, 11) is 0. The molecule has 0 fully saturated rings. The van der Waals surface area contributed by atoms with Gasteiger partial charge in [-0.25, -0.2) is 9.59 Å². The number of amides is 2. The third-order valence-electron chi connectivity index (χ3n) is 2.42. The Balaban J connectivity index is 4.55. The summed E-state index contributed by atoms with van der Waals surface area (Å²) in [5, 5.41) is 21.1. The number of carbonyl (C=O) groups is 2. The van der Waals surface area contributed by atoms with Crippen LogP contribution in [0.2, 0.25) is 0 Å². The van der Waals surface area contributed by atoms with E-state index < -0.39 is 23.6 Å². The normalized spacial score (nSPS) is 12.9. The number of hydrogen-bond donors (Lipinski definition) is 3. The van der Waals surface area contributed by atoms with Crippen LogP contribution in [0.5, 0.6) is 0 Å². The number of nitrogens with one attached hydrogen (secondary N) is 1. The second-order valence-electron chi connectivity index (χ2n) is 4.96. The number of rotatable bonds is 7. The zero-order chi connectivity index (χ0) is 14.3. The number of carbonyl (C=O) groups excluding carboxylic acids is 1. The topological polar surface area (TPSA) is 89.9 Å². The predicted molar refractivity (Wildman–Crippen MR) is 68.4 cm³/mol. The highest BCUT2D eigenvalue weighted by molar-refractivity contribution is 5.82. The van der Waals surface area contributed by atoms with Gasteiger partial charge in [-0.3, -0.25) is 0 Å². The molecule has 0 aromatic heterocycles. The summed E-state index contributed by atoms with van der Waals surface area (Å²) in [6.45, 7) is 7.41. The van der Waals surface area contributed by atoms with Crippen molar-refractivity contribution in [1.82, 2.24) is 10.2 Å². The molecule has 0 bridgehead atoms. The maximum Gasteiger partial charge on any atom is 0.326 e. The lowest BCUT2D eigenvalue weighted by Gasteiger charge is -2.29. The standard InChI is InChI=1S/C12H24N2O4/c1-5-7-9(10(15)16)13-11(17)14(6-2)8-12(3,4)18/h9,18H,5-8H2,1-4H3,(H,13,17)(H,15,16)/t9-/m0/s1. The Morgan fingerprint density at radius 2 is 1.89 bits per heavy atom. The van der Waals surface area contributed by atoms with Crippen molar-refractivity contribution < 1.29 is 19.8 Å². The first-order chi connectivity index (χ1) is 8.21. The molecule has 0 heterocycles. The summed E-state index contributed by atoms with van der Waals surface area (Å²) in [6, 6.07) is -1.33. The Morgan fingerprint density at radius 3 is 2.22 bits per heavy atom. The summed E-state index contributed by atoms with van der Waals surface area (Å²) >= 11 is 0. The molecule has 0 aromatic carbocycles. The first kappa shape index (κ1) is 16.7. The monoisotopic (exact) mass is 260 g/mol. The van der Waals surface area contributed by atoms with Crippen molar-refractivity contribution in [1.29, 1.82) is 0 Å². The summed E-state index contributed by atoms with van der Waals surface area (Å²) in [6.07, 6.45) is 1.07. The van der Waals surface area contributed by atoms with Crippen molar-refractivity contribution in [3.63, 3.8) is 0 Å². The van der Waals surface area contributed by atoms with E-state index in [0.717, 1.165) is 0 Å². The van der Waals surface area contributed by atoms with Gasteiger partial charge in [-0.1, -0.05) is 13.3 Å². The molecule has 6 heteroatoms. The molecule has 0 aliphatic rings. The number of carboxylic acids is 1. The molecule has 0 aliphatic carbocycles. The molecule has 0 rings (SSSR count). The van der Waals surface area contributed by atoms with Gasteiger partial charge in [-0.05, 0) is 27.2 Å². The molecule has 0 radical (unpaired) electrons. The zero-order valence-electron chi connectivity index (χ0n) is 11.6. The number of hydrogen-bond acceptors (Lipinski definition) is 3. The van der Waals surface area contributed by atoms with Crippen molar-refractivity contribution >= 4 is 12.0 Å². The summed E-state index contributed by atoms with van der Waals surface area (Å²) < 4.78 is 0. The van der Waals surface area contributed by atoms with E-state index in [4.69, 9.17) is 5.11 Å². The zero-order valence-corrected chi connectivity index (χ0v) is 11.6. The molecule has 0 unspecified atom stereocenters. The van der Waals surface area contributed by atoms with Crippen molar-refractivity contribution in [2.75, 3.05) is 13.1 Å². The van der Waals surface area contributed by atoms with Crippen molar-refractivity contribution in [3.8, 4) is 0 Å². The predicted octanol–water partition coefficient (Wildman–Crippen LogP) is 1.04. The highest BCUT2D eigenvalue weighted by Crippen LogP contribution is 2.06. The van der Waals surface area contributed by atoms with Crippen molar-refractivity contribution in [2.45, 2.75) is 52.2 Å². The number of aliphatic hydroxyl groups is 1. The molecule has 1 atom stereocenters. The summed E-state index contributed by atoms with van der Waals surface area (Å²) in [5.74, 6) is -1.04. The Morgan fingerprint density at radius 1 is 1.33 bits per heavy atom. The third kappa shape index (κ3) is 6.44. The van der Waals surface area contributed by atoms with Crippen molar-refractivity contribution in [3.05, 3.63) is 0 Å². The average molecular weight is 260 g/mol. The third-order valence-corrected chi connectivity index (χ3v) is 2.42. The Bertz CT molecular complexity index is 286. The van der Waals surface area contributed by atoms with Crippen LogP contribution in [0.4, 0.5) is 4.79 Å². The van der Waals surface area contributed by atoms with Crippen LogP contribution < -0.4 is 5.32 Å². The van der Waals surface area contributed by atoms with Gasteiger partial charge in [-0.2, -0.15) is 0 Å². The molecule has 0 aromatic rings. The van der Waals surface area contributed by atoms with Gasteiger partial charge in [0, 0.05) is 6.54 Å². The molecule has 0 spiro atoms. The van der Waals surface area contributed by atoms with Gasteiger partial charge >= 0.3 is 12.0 Å². The van der Waals surface area contributed by atoms with Gasteiger partial charge in [0.2, 0.25) is 0 Å². The highest BCUT2D eigenvalue weighted by atomic mass is 16.4. The van der Waals surface area contributed by atoms with E-state index in [1.54, 1.807) is 20.8 Å². The molecular formula is C12H24N2O4. The second kappa shape index (κ2) is 7.20. The summed E-state index contributed by atoms with van der Waals surface area (Å²) in [5.41, 5.74) is -1.00. The van der Waals surface area contributed by atoms with E-state index in [1.165, 1.54) is 4.90 Å². The molecule has 106 valence electrons. The Labute approximate surface area is 108 Å². The fraction of sp³-hybridized carbons (Fsp3) is 0.833. The van der Waals surface area contributed by atoms with Gasteiger partial charge in [0.05, 0.1) is 12.1 Å². The molecule has 0 saturated carbocycles. The van der Waals surface area contributed by atoms with Gasteiger partial charge in [0.1, 0.15) is 6.04 Å². The first-order valence-electron chi connectivity index (χ1n) is 6.21. The van der Waals surface area contributed by atoms with Crippen LogP contribution in [-0.4, -0.2) is 51.8 Å². The van der Waals surface area contributed by atoms with Gasteiger partial charge in [0.25, 0.3) is 0 Å². The van der Waals surface area contributed by atoms with Crippen LogP contribution in [0.15, 0.2) is 0 Å². The average Bonchev–Trinajstić information content (AvgIpc) is 2.23. The lowest BCUT2D eigenvalue weighted by atomic mass is 10.1. The lowest BCUT2D eigenvalue weighted by molar-refractivity contribution is -0.139. The van der Waals surface area contributed by atoms with Crippen LogP contribution >= 0.6 is 0 Å². The van der Waals surface area contributed by atoms with Gasteiger partial charge < -0.3 is 20.4 Å². The molecule has 0 aliphatic heterocycles. The largest absolute Gasteiger partial charge is 0.480 e. The van der Waals surface area contributed by atoms with Crippen LogP contribution in [0, 0.1) is 0 Å². The maximum atomic E-state index is 11.9. The molecule has 6 nitrogen and oxygen atoms in total. The second-order valence-corrected chi connectivity index (χ2v) is 4.96. The SMILES string of the molecule is CCC[C@H](NC(=O)N(CC)CC(C)(C)O)C(=O)O. The van der Waals surface area contributed by atoms with Gasteiger partial charge in [-0.15, -0.1) is 0 Å². The van der Waals surface area contributed by atoms with Crippen LogP contribution in [0.25, 0.3) is 0 Å². The van der Waals surface area contributed by atoms with Crippen molar-refractivity contribution in [2.24, 2.45) is 0 Å². The molecule has 18 heavy (non-hydrogen) atoms. The van der Waals surface area contributed by atoms with Crippen LogP contribution in [0.1, 0.15) is 40.5 Å². The Hall–Kier alpha value is -1.30. The first-order valence-corrected chi connectivity index (χ1v) is 6.21. The van der Waals surface area contributed by atoms with E-state index in [9.17, 15) is 14.7 Å². The van der Waals surface area contributed by atoms with Gasteiger partial charge in [0.15, 0.2) is 0 Å².